The highest BCUT2D eigenvalue weighted by atomic mass is 35.5. The van der Waals surface area contributed by atoms with Crippen LogP contribution in [0.1, 0.15) is 44.8 Å². The molecule has 6 heteroatoms. The van der Waals surface area contributed by atoms with Crippen LogP contribution in [0.25, 0.3) is 11.2 Å². The van der Waals surface area contributed by atoms with Gasteiger partial charge in [-0.3, -0.25) is 4.68 Å². The number of halogens is 1. The fourth-order valence-electron chi connectivity index (χ4n) is 2.74. The number of imidazole rings is 1. The highest BCUT2D eigenvalue weighted by Gasteiger charge is 2.21. The predicted molar refractivity (Wildman–Crippen MR) is 86.1 cm³/mol. The number of hydrogen-bond acceptors (Lipinski definition) is 3. The van der Waals surface area contributed by atoms with E-state index in [1.54, 1.807) is 0 Å². The van der Waals surface area contributed by atoms with Gasteiger partial charge in [-0.1, -0.05) is 13.3 Å². The van der Waals surface area contributed by atoms with Crippen LogP contribution in [0, 0.1) is 0 Å². The molecule has 0 saturated carbocycles. The maximum atomic E-state index is 5.95. The molecule has 2 aromatic heterocycles. The summed E-state index contributed by atoms with van der Waals surface area (Å²) in [6.07, 6.45) is 2.78. The maximum absolute atomic E-state index is 5.95. The molecule has 0 aliphatic heterocycles. The van der Waals surface area contributed by atoms with Gasteiger partial charge in [0.1, 0.15) is 11.3 Å². The molecule has 0 spiro atoms. The van der Waals surface area contributed by atoms with E-state index in [0.29, 0.717) is 12.5 Å². The smallest absolute Gasteiger partial charge is 0.159 e. The molecule has 21 heavy (non-hydrogen) atoms. The molecule has 0 amide bonds. The first-order valence-corrected chi connectivity index (χ1v) is 8.23. The molecule has 0 fully saturated rings. The van der Waals surface area contributed by atoms with Crippen molar-refractivity contribution in [3.05, 3.63) is 11.5 Å². The molecular formula is C15H25ClN4O. The second kappa shape index (κ2) is 7.27. The lowest BCUT2D eigenvalue weighted by Gasteiger charge is -2.17. The fraction of sp³-hybridized carbons (Fsp3) is 0.733. The van der Waals surface area contributed by atoms with Crippen LogP contribution in [0.4, 0.5) is 0 Å². The summed E-state index contributed by atoms with van der Waals surface area (Å²) in [6, 6.07) is 0.220. The maximum Gasteiger partial charge on any atom is 0.159 e. The fourth-order valence-corrected chi connectivity index (χ4v) is 2.91. The Morgan fingerprint density at radius 1 is 1.29 bits per heavy atom. The number of hydrogen-bond donors (Lipinski definition) is 0. The molecule has 1 unspecified atom stereocenters. The van der Waals surface area contributed by atoms with Crippen molar-refractivity contribution in [2.45, 2.75) is 46.1 Å². The third kappa shape index (κ3) is 3.24. The molecule has 0 aliphatic carbocycles. The van der Waals surface area contributed by atoms with Gasteiger partial charge in [0.15, 0.2) is 5.65 Å². The quantitative estimate of drug-likeness (QED) is 0.704. The minimum atomic E-state index is 0.220. The molecule has 2 aromatic rings. The van der Waals surface area contributed by atoms with Gasteiger partial charge in [-0.05, 0) is 20.3 Å². The number of alkyl halides is 1. The van der Waals surface area contributed by atoms with Gasteiger partial charge in [-0.2, -0.15) is 5.10 Å². The van der Waals surface area contributed by atoms with E-state index >= 15 is 0 Å². The van der Waals surface area contributed by atoms with Crippen LogP contribution in [0.3, 0.4) is 0 Å². The van der Waals surface area contributed by atoms with Crippen LogP contribution < -0.4 is 0 Å². The third-order valence-electron chi connectivity index (χ3n) is 3.62. The molecule has 2 heterocycles. The van der Waals surface area contributed by atoms with Crippen molar-refractivity contribution >= 4 is 22.8 Å². The summed E-state index contributed by atoms with van der Waals surface area (Å²) < 4.78 is 9.76. The Morgan fingerprint density at radius 2 is 2.05 bits per heavy atom. The van der Waals surface area contributed by atoms with Crippen LogP contribution in [-0.4, -0.2) is 38.4 Å². The lowest BCUT2D eigenvalue weighted by molar-refractivity contribution is 0.119. The predicted octanol–water partition coefficient (Wildman–Crippen LogP) is 3.10. The van der Waals surface area contributed by atoms with Gasteiger partial charge in [-0.25, -0.2) is 4.98 Å². The summed E-state index contributed by atoms with van der Waals surface area (Å²) in [5.41, 5.74) is 3.17. The molecule has 1 atom stereocenters. The van der Waals surface area contributed by atoms with Gasteiger partial charge >= 0.3 is 0 Å². The number of ether oxygens (including phenoxy) is 1. The zero-order valence-corrected chi connectivity index (χ0v) is 14.2. The Kier molecular flexibility index (Phi) is 5.65. The summed E-state index contributed by atoms with van der Waals surface area (Å²) in [5.74, 6) is 1.60. The van der Waals surface area contributed by atoms with E-state index in [0.717, 1.165) is 48.6 Å². The Labute approximate surface area is 131 Å². The topological polar surface area (TPSA) is 44.9 Å². The van der Waals surface area contributed by atoms with Crippen molar-refractivity contribution in [3.8, 4) is 0 Å². The van der Waals surface area contributed by atoms with Crippen LogP contribution in [0.5, 0.6) is 0 Å². The number of aryl methyl sites for hydroxylation is 3. The minimum Gasteiger partial charge on any atom is -0.380 e. The first-order valence-electron chi connectivity index (χ1n) is 7.70. The average molecular weight is 313 g/mol. The summed E-state index contributed by atoms with van der Waals surface area (Å²) in [5, 5.41) is 4.62. The van der Waals surface area contributed by atoms with Crippen LogP contribution in [0.2, 0.25) is 0 Å². The Hall–Kier alpha value is -1.07. The van der Waals surface area contributed by atoms with Gasteiger partial charge in [0.2, 0.25) is 0 Å². The van der Waals surface area contributed by atoms with Gasteiger partial charge < -0.3 is 9.30 Å². The number of nitrogens with zero attached hydrogens (tertiary/aromatic N) is 4. The van der Waals surface area contributed by atoms with Gasteiger partial charge in [0.05, 0.1) is 18.3 Å². The largest absolute Gasteiger partial charge is 0.380 e. The third-order valence-corrected chi connectivity index (χ3v) is 3.81. The normalized spacial score (nSPS) is 13.2. The van der Waals surface area contributed by atoms with Crippen molar-refractivity contribution in [1.29, 1.82) is 0 Å². The van der Waals surface area contributed by atoms with Crippen molar-refractivity contribution < 1.29 is 4.74 Å². The van der Waals surface area contributed by atoms with Crippen molar-refractivity contribution in [3.63, 3.8) is 0 Å². The van der Waals surface area contributed by atoms with Crippen LogP contribution in [-0.2, 0) is 24.6 Å². The number of rotatable bonds is 8. The van der Waals surface area contributed by atoms with E-state index in [4.69, 9.17) is 21.3 Å². The SMILES string of the molecule is CCCc1nn(C)c2c1nc(CCCl)n2C(C)COCC. The van der Waals surface area contributed by atoms with E-state index in [2.05, 4.69) is 23.5 Å². The minimum absolute atomic E-state index is 0.220. The van der Waals surface area contributed by atoms with Crippen molar-refractivity contribution in [2.24, 2.45) is 7.05 Å². The van der Waals surface area contributed by atoms with E-state index in [1.807, 2.05) is 18.7 Å². The summed E-state index contributed by atoms with van der Waals surface area (Å²) in [7, 11) is 1.98. The van der Waals surface area contributed by atoms with Crippen molar-refractivity contribution in [1.82, 2.24) is 19.3 Å². The Bertz CT molecular complexity index is 590. The highest BCUT2D eigenvalue weighted by Crippen LogP contribution is 2.25. The Morgan fingerprint density at radius 3 is 2.67 bits per heavy atom. The molecule has 0 aliphatic rings. The van der Waals surface area contributed by atoms with Crippen LogP contribution in [0.15, 0.2) is 0 Å². The zero-order valence-electron chi connectivity index (χ0n) is 13.4. The van der Waals surface area contributed by atoms with Crippen LogP contribution >= 0.6 is 11.6 Å². The molecular weight excluding hydrogens is 288 g/mol. The molecule has 0 radical (unpaired) electrons. The molecule has 0 saturated heterocycles. The lowest BCUT2D eigenvalue weighted by atomic mass is 10.2. The van der Waals surface area contributed by atoms with Gasteiger partial charge in [0, 0.05) is 26.0 Å². The molecule has 5 nitrogen and oxygen atoms in total. The molecule has 2 rings (SSSR count). The molecule has 118 valence electrons. The second-order valence-electron chi connectivity index (χ2n) is 5.34. The second-order valence-corrected chi connectivity index (χ2v) is 5.72. The lowest BCUT2D eigenvalue weighted by Crippen LogP contribution is -2.17. The summed E-state index contributed by atoms with van der Waals surface area (Å²) >= 11 is 5.95. The Balaban J connectivity index is 2.50. The van der Waals surface area contributed by atoms with Gasteiger partial charge in [0.25, 0.3) is 0 Å². The van der Waals surface area contributed by atoms with E-state index in [1.165, 1.54) is 0 Å². The average Bonchev–Trinajstić information content (AvgIpc) is 2.96. The summed E-state index contributed by atoms with van der Waals surface area (Å²) in [6.45, 7) is 7.72. The first-order chi connectivity index (χ1) is 10.1. The van der Waals surface area contributed by atoms with E-state index in [-0.39, 0.29) is 6.04 Å². The monoisotopic (exact) mass is 312 g/mol. The first kappa shape index (κ1) is 16.3. The highest BCUT2D eigenvalue weighted by molar-refractivity contribution is 6.17. The molecule has 0 N–H and O–H groups in total. The number of fused-ring (bicyclic) bond motifs is 1. The van der Waals surface area contributed by atoms with E-state index < -0.39 is 0 Å². The standard InChI is InChI=1S/C15H25ClN4O/c1-5-7-12-14-15(19(4)18-12)20(11(3)10-21-6-2)13(17-14)8-9-16/h11H,5-10H2,1-4H3. The van der Waals surface area contributed by atoms with Crippen molar-refractivity contribution in [2.75, 3.05) is 19.1 Å². The zero-order chi connectivity index (χ0) is 15.4. The molecule has 0 aromatic carbocycles. The van der Waals surface area contributed by atoms with Gasteiger partial charge in [-0.15, -0.1) is 11.6 Å². The summed E-state index contributed by atoms with van der Waals surface area (Å²) in [4.78, 5) is 4.81. The van der Waals surface area contributed by atoms with E-state index in [9.17, 15) is 0 Å². The molecule has 0 bridgehead atoms. The number of aromatic nitrogens is 4.